The van der Waals surface area contributed by atoms with Crippen LogP contribution in [0.3, 0.4) is 0 Å². The molecule has 2 heterocycles. The predicted molar refractivity (Wildman–Crippen MR) is 95.7 cm³/mol. The lowest BCUT2D eigenvalue weighted by Gasteiger charge is -2.36. The maximum atomic E-state index is 12.7. The molecule has 0 aromatic heterocycles. The van der Waals surface area contributed by atoms with Crippen molar-refractivity contribution in [1.29, 1.82) is 0 Å². The standard InChI is InChI=1S/C19H27N3O3/c1-15-11-16(2)13-17(12-15)19(24)22-5-3-20(4-6-22)14-18(23)21-7-9-25-10-8-21/h11-13H,3-10,14H2,1-2H3. The van der Waals surface area contributed by atoms with Crippen LogP contribution in [-0.2, 0) is 9.53 Å². The largest absolute Gasteiger partial charge is 0.378 e. The van der Waals surface area contributed by atoms with Crippen molar-refractivity contribution in [2.24, 2.45) is 0 Å². The molecule has 0 aliphatic carbocycles. The third kappa shape index (κ3) is 4.58. The van der Waals surface area contributed by atoms with Crippen molar-refractivity contribution < 1.29 is 14.3 Å². The Labute approximate surface area is 149 Å². The zero-order valence-corrected chi connectivity index (χ0v) is 15.2. The SMILES string of the molecule is Cc1cc(C)cc(C(=O)N2CCN(CC(=O)N3CCOCC3)CC2)c1. The lowest BCUT2D eigenvalue weighted by atomic mass is 10.1. The summed E-state index contributed by atoms with van der Waals surface area (Å²) in [6.45, 7) is 9.91. The first-order chi connectivity index (χ1) is 12.0. The summed E-state index contributed by atoms with van der Waals surface area (Å²) >= 11 is 0. The van der Waals surface area contributed by atoms with Gasteiger partial charge in [0.25, 0.3) is 5.91 Å². The average Bonchev–Trinajstić information content (AvgIpc) is 2.61. The summed E-state index contributed by atoms with van der Waals surface area (Å²) < 4.78 is 5.29. The molecule has 2 amide bonds. The van der Waals surface area contributed by atoms with E-state index < -0.39 is 0 Å². The quantitative estimate of drug-likeness (QED) is 0.818. The molecule has 1 aromatic carbocycles. The van der Waals surface area contributed by atoms with Crippen LogP contribution in [0.15, 0.2) is 18.2 Å². The van der Waals surface area contributed by atoms with Gasteiger partial charge < -0.3 is 14.5 Å². The summed E-state index contributed by atoms with van der Waals surface area (Å²) in [7, 11) is 0. The van der Waals surface area contributed by atoms with Crippen molar-refractivity contribution in [3.8, 4) is 0 Å². The fourth-order valence-corrected chi connectivity index (χ4v) is 3.49. The predicted octanol–water partition coefficient (Wildman–Crippen LogP) is 0.920. The van der Waals surface area contributed by atoms with Crippen molar-refractivity contribution in [2.45, 2.75) is 13.8 Å². The second-order valence-corrected chi connectivity index (χ2v) is 6.94. The van der Waals surface area contributed by atoms with E-state index in [0.717, 1.165) is 29.8 Å². The lowest BCUT2D eigenvalue weighted by molar-refractivity contribution is -0.136. The van der Waals surface area contributed by atoms with Crippen LogP contribution in [0, 0.1) is 13.8 Å². The molecule has 2 aliphatic heterocycles. The van der Waals surface area contributed by atoms with Gasteiger partial charge in [0, 0.05) is 44.8 Å². The number of nitrogens with zero attached hydrogens (tertiary/aromatic N) is 3. The van der Waals surface area contributed by atoms with E-state index in [4.69, 9.17) is 4.74 Å². The minimum atomic E-state index is 0.0888. The highest BCUT2D eigenvalue weighted by atomic mass is 16.5. The minimum absolute atomic E-state index is 0.0888. The van der Waals surface area contributed by atoms with Crippen molar-refractivity contribution >= 4 is 11.8 Å². The highest BCUT2D eigenvalue weighted by Gasteiger charge is 2.25. The third-order valence-corrected chi connectivity index (χ3v) is 4.85. The highest BCUT2D eigenvalue weighted by Crippen LogP contribution is 2.13. The highest BCUT2D eigenvalue weighted by molar-refractivity contribution is 5.94. The van der Waals surface area contributed by atoms with Crippen LogP contribution in [-0.4, -0.2) is 85.5 Å². The normalized spacial score (nSPS) is 19.1. The molecule has 3 rings (SSSR count). The monoisotopic (exact) mass is 345 g/mol. The number of carbonyl (C=O) groups excluding carboxylic acids is 2. The van der Waals surface area contributed by atoms with Crippen molar-refractivity contribution in [2.75, 3.05) is 59.0 Å². The smallest absolute Gasteiger partial charge is 0.253 e. The Balaban J connectivity index is 1.51. The van der Waals surface area contributed by atoms with Gasteiger partial charge in [-0.05, 0) is 26.0 Å². The molecule has 0 N–H and O–H groups in total. The zero-order valence-electron chi connectivity index (χ0n) is 15.2. The summed E-state index contributed by atoms with van der Waals surface area (Å²) in [5, 5.41) is 0. The number of benzene rings is 1. The van der Waals surface area contributed by atoms with Gasteiger partial charge in [0.05, 0.1) is 19.8 Å². The molecule has 25 heavy (non-hydrogen) atoms. The number of ether oxygens (including phenoxy) is 1. The molecular weight excluding hydrogens is 318 g/mol. The number of piperazine rings is 1. The van der Waals surface area contributed by atoms with Gasteiger partial charge in [-0.3, -0.25) is 14.5 Å². The topological polar surface area (TPSA) is 53.1 Å². The Bertz CT molecular complexity index is 613. The number of aryl methyl sites for hydroxylation is 2. The Morgan fingerprint density at radius 2 is 1.48 bits per heavy atom. The second-order valence-electron chi connectivity index (χ2n) is 6.94. The number of hydrogen-bond acceptors (Lipinski definition) is 4. The van der Waals surface area contributed by atoms with Gasteiger partial charge in [-0.2, -0.15) is 0 Å². The van der Waals surface area contributed by atoms with Gasteiger partial charge in [-0.1, -0.05) is 17.2 Å². The van der Waals surface area contributed by atoms with Gasteiger partial charge in [-0.25, -0.2) is 0 Å². The molecule has 1 aromatic rings. The van der Waals surface area contributed by atoms with Gasteiger partial charge in [0.15, 0.2) is 0 Å². The summed E-state index contributed by atoms with van der Waals surface area (Å²) in [5.74, 6) is 0.253. The van der Waals surface area contributed by atoms with Gasteiger partial charge in [-0.15, -0.1) is 0 Å². The average molecular weight is 345 g/mol. The van der Waals surface area contributed by atoms with E-state index in [2.05, 4.69) is 11.0 Å². The van der Waals surface area contributed by atoms with Crippen molar-refractivity contribution in [1.82, 2.24) is 14.7 Å². The van der Waals surface area contributed by atoms with Gasteiger partial charge in [0.2, 0.25) is 5.91 Å². The minimum Gasteiger partial charge on any atom is -0.378 e. The van der Waals surface area contributed by atoms with Crippen molar-refractivity contribution in [3.05, 3.63) is 34.9 Å². The number of rotatable bonds is 3. The molecule has 136 valence electrons. The van der Waals surface area contributed by atoms with E-state index in [9.17, 15) is 9.59 Å². The summed E-state index contributed by atoms with van der Waals surface area (Å²) in [5.41, 5.74) is 2.98. The molecule has 0 saturated carbocycles. The number of morpholine rings is 1. The van der Waals surface area contributed by atoms with E-state index >= 15 is 0 Å². The van der Waals surface area contributed by atoms with Gasteiger partial charge >= 0.3 is 0 Å². The molecule has 2 fully saturated rings. The summed E-state index contributed by atoms with van der Waals surface area (Å²) in [4.78, 5) is 30.9. The number of hydrogen-bond donors (Lipinski definition) is 0. The Kier molecular flexibility index (Phi) is 5.71. The van der Waals surface area contributed by atoms with Crippen LogP contribution < -0.4 is 0 Å². The fourth-order valence-electron chi connectivity index (χ4n) is 3.49. The molecule has 6 heteroatoms. The summed E-state index contributed by atoms with van der Waals surface area (Å²) in [6.07, 6.45) is 0. The third-order valence-electron chi connectivity index (χ3n) is 4.85. The fraction of sp³-hybridized carbons (Fsp3) is 0.579. The zero-order chi connectivity index (χ0) is 17.8. The van der Waals surface area contributed by atoms with Crippen LogP contribution in [0.4, 0.5) is 0 Å². The van der Waals surface area contributed by atoms with E-state index in [1.165, 1.54) is 0 Å². The second kappa shape index (κ2) is 7.97. The molecule has 6 nitrogen and oxygen atoms in total. The van der Waals surface area contributed by atoms with E-state index in [1.54, 1.807) is 0 Å². The first-order valence-electron chi connectivity index (χ1n) is 8.98. The van der Waals surface area contributed by atoms with E-state index in [0.29, 0.717) is 45.9 Å². The molecule has 2 aliphatic rings. The number of carbonyl (C=O) groups is 2. The van der Waals surface area contributed by atoms with Crippen molar-refractivity contribution in [3.63, 3.8) is 0 Å². The molecule has 0 unspecified atom stereocenters. The maximum Gasteiger partial charge on any atom is 0.253 e. The first-order valence-corrected chi connectivity index (χ1v) is 8.98. The molecule has 2 saturated heterocycles. The maximum absolute atomic E-state index is 12.7. The molecule has 0 bridgehead atoms. The molecular formula is C19H27N3O3. The van der Waals surface area contributed by atoms with Crippen LogP contribution in [0.2, 0.25) is 0 Å². The molecule has 0 radical (unpaired) electrons. The van der Waals surface area contributed by atoms with Crippen LogP contribution in [0.1, 0.15) is 21.5 Å². The lowest BCUT2D eigenvalue weighted by Crippen LogP contribution is -2.52. The van der Waals surface area contributed by atoms with Crippen LogP contribution in [0.25, 0.3) is 0 Å². The molecule has 0 spiro atoms. The first kappa shape index (κ1) is 17.9. The molecule has 0 atom stereocenters. The number of amides is 2. The Hall–Kier alpha value is -1.92. The van der Waals surface area contributed by atoms with Crippen LogP contribution >= 0.6 is 0 Å². The van der Waals surface area contributed by atoms with Crippen LogP contribution in [0.5, 0.6) is 0 Å². The summed E-state index contributed by atoms with van der Waals surface area (Å²) in [6, 6.07) is 5.97. The Morgan fingerprint density at radius 3 is 2.08 bits per heavy atom. The van der Waals surface area contributed by atoms with Gasteiger partial charge in [0.1, 0.15) is 0 Å². The van der Waals surface area contributed by atoms with E-state index in [-0.39, 0.29) is 11.8 Å². The Morgan fingerprint density at radius 1 is 0.880 bits per heavy atom. The van der Waals surface area contributed by atoms with E-state index in [1.807, 2.05) is 35.8 Å².